The van der Waals surface area contributed by atoms with Gasteiger partial charge in [0.1, 0.15) is 5.75 Å². The number of benzene rings is 1. The topological polar surface area (TPSA) is 48.9 Å². The van der Waals surface area contributed by atoms with Crippen molar-refractivity contribution in [3.8, 4) is 5.75 Å². The van der Waals surface area contributed by atoms with Gasteiger partial charge in [0, 0.05) is 19.1 Å². The monoisotopic (exact) mass is 460 g/mol. The van der Waals surface area contributed by atoms with Crippen molar-refractivity contribution < 1.29 is 4.74 Å². The van der Waals surface area contributed by atoms with Crippen molar-refractivity contribution in [2.24, 2.45) is 10.9 Å². The van der Waals surface area contributed by atoms with Gasteiger partial charge < -0.3 is 20.3 Å². The van der Waals surface area contributed by atoms with Crippen molar-refractivity contribution in [3.05, 3.63) is 29.8 Å². The minimum absolute atomic E-state index is 0. The van der Waals surface area contributed by atoms with Gasteiger partial charge in [0.15, 0.2) is 5.96 Å². The molecule has 1 aliphatic carbocycles. The van der Waals surface area contributed by atoms with E-state index in [2.05, 4.69) is 60.6 Å². The molecule has 0 amide bonds. The van der Waals surface area contributed by atoms with E-state index >= 15 is 0 Å². The number of hydrogen-bond acceptors (Lipinski definition) is 3. The van der Waals surface area contributed by atoms with E-state index in [1.54, 1.807) is 0 Å². The molecule has 5 nitrogen and oxygen atoms in total. The highest BCUT2D eigenvalue weighted by molar-refractivity contribution is 14.0. The van der Waals surface area contributed by atoms with Gasteiger partial charge in [-0.25, -0.2) is 4.99 Å². The Hall–Kier alpha value is -1.02. The van der Waals surface area contributed by atoms with E-state index in [1.807, 2.05) is 12.1 Å². The molecule has 2 unspecified atom stereocenters. The van der Waals surface area contributed by atoms with Crippen molar-refractivity contribution >= 4 is 29.9 Å². The van der Waals surface area contributed by atoms with Gasteiger partial charge >= 0.3 is 0 Å². The average Bonchev–Trinajstić information content (AvgIpc) is 3.25. The van der Waals surface area contributed by atoms with E-state index in [-0.39, 0.29) is 24.0 Å². The second kappa shape index (κ2) is 11.6. The molecule has 2 rings (SSSR count). The summed E-state index contributed by atoms with van der Waals surface area (Å²) in [6, 6.07) is 8.83. The summed E-state index contributed by atoms with van der Waals surface area (Å²) in [5, 5.41) is 6.79. The molecular formula is C19H33IN4O. The Kier molecular flexibility index (Phi) is 10.2. The highest BCUT2D eigenvalue weighted by atomic mass is 127. The van der Waals surface area contributed by atoms with Crippen LogP contribution in [0.3, 0.4) is 0 Å². The summed E-state index contributed by atoms with van der Waals surface area (Å²) in [5.74, 6) is 2.60. The summed E-state index contributed by atoms with van der Waals surface area (Å²) in [5.41, 5.74) is 1.19. The van der Waals surface area contributed by atoms with Gasteiger partial charge in [-0.3, -0.25) is 0 Å². The highest BCUT2D eigenvalue weighted by Crippen LogP contribution is 2.28. The standard InChI is InChI=1S/C19H32N4O.HI/c1-5-20-19(22-18-13-15(18)2)21-14-16-7-9-17(10-8-16)24-12-6-11-23(3)4;/h7-10,15,18H,5-6,11-14H2,1-4H3,(H2,20,21,22);1H. The molecule has 142 valence electrons. The Bertz CT molecular complexity index is 519. The van der Waals surface area contributed by atoms with Crippen molar-refractivity contribution in [2.45, 2.75) is 39.3 Å². The molecule has 0 bridgehead atoms. The van der Waals surface area contributed by atoms with Crippen molar-refractivity contribution in [2.75, 3.05) is 33.8 Å². The molecule has 2 atom stereocenters. The maximum absolute atomic E-state index is 5.76. The molecule has 0 heterocycles. The number of rotatable bonds is 9. The molecule has 1 aliphatic rings. The Labute approximate surface area is 169 Å². The van der Waals surface area contributed by atoms with Gasteiger partial charge in [0.25, 0.3) is 0 Å². The van der Waals surface area contributed by atoms with Crippen LogP contribution in [-0.2, 0) is 6.54 Å². The second-order valence-electron chi connectivity index (χ2n) is 6.81. The first-order valence-corrected chi connectivity index (χ1v) is 8.99. The van der Waals surface area contributed by atoms with Gasteiger partial charge in [-0.1, -0.05) is 19.1 Å². The molecule has 1 fully saturated rings. The first kappa shape index (κ1) is 22.0. The number of nitrogens with zero attached hydrogens (tertiary/aromatic N) is 2. The van der Waals surface area contributed by atoms with Crippen LogP contribution in [0.1, 0.15) is 32.3 Å². The zero-order valence-corrected chi connectivity index (χ0v) is 18.2. The molecule has 1 saturated carbocycles. The van der Waals surface area contributed by atoms with Crippen molar-refractivity contribution in [1.82, 2.24) is 15.5 Å². The summed E-state index contributed by atoms with van der Waals surface area (Å²) >= 11 is 0. The maximum Gasteiger partial charge on any atom is 0.191 e. The summed E-state index contributed by atoms with van der Waals surface area (Å²) < 4.78 is 5.76. The Morgan fingerprint density at radius 3 is 2.52 bits per heavy atom. The van der Waals surface area contributed by atoms with Gasteiger partial charge in [0.05, 0.1) is 13.2 Å². The number of halogens is 1. The first-order valence-electron chi connectivity index (χ1n) is 8.99. The van der Waals surface area contributed by atoms with Crippen LogP contribution in [0.15, 0.2) is 29.3 Å². The normalized spacial score (nSPS) is 19.3. The van der Waals surface area contributed by atoms with Gasteiger partial charge in [-0.15, -0.1) is 24.0 Å². The lowest BCUT2D eigenvalue weighted by Crippen LogP contribution is -2.39. The molecule has 2 N–H and O–H groups in total. The minimum atomic E-state index is 0. The number of hydrogen-bond donors (Lipinski definition) is 2. The summed E-state index contributed by atoms with van der Waals surface area (Å²) in [7, 11) is 4.16. The third kappa shape index (κ3) is 8.76. The largest absolute Gasteiger partial charge is 0.494 e. The van der Waals surface area contributed by atoms with Gasteiger partial charge in [-0.2, -0.15) is 0 Å². The number of nitrogens with one attached hydrogen (secondary N) is 2. The molecule has 0 aliphatic heterocycles. The average molecular weight is 460 g/mol. The fraction of sp³-hybridized carbons (Fsp3) is 0.632. The van der Waals surface area contributed by atoms with Crippen LogP contribution in [0.4, 0.5) is 0 Å². The number of guanidine groups is 1. The maximum atomic E-state index is 5.76. The smallest absolute Gasteiger partial charge is 0.191 e. The molecule has 0 aromatic heterocycles. The predicted molar refractivity (Wildman–Crippen MR) is 116 cm³/mol. The van der Waals surface area contributed by atoms with E-state index in [0.717, 1.165) is 43.7 Å². The fourth-order valence-corrected chi connectivity index (χ4v) is 2.45. The molecular weight excluding hydrogens is 427 g/mol. The Balaban J connectivity index is 0.00000312. The molecule has 0 radical (unpaired) electrons. The Morgan fingerprint density at radius 2 is 1.96 bits per heavy atom. The lowest BCUT2D eigenvalue weighted by atomic mass is 10.2. The molecule has 0 spiro atoms. The van der Waals surface area contributed by atoms with Crippen molar-refractivity contribution in [3.63, 3.8) is 0 Å². The summed E-state index contributed by atoms with van der Waals surface area (Å²) in [4.78, 5) is 6.84. The van der Waals surface area contributed by atoms with Crippen LogP contribution in [0.5, 0.6) is 5.75 Å². The second-order valence-corrected chi connectivity index (χ2v) is 6.81. The number of ether oxygens (including phenoxy) is 1. The third-order valence-electron chi connectivity index (χ3n) is 4.14. The van der Waals surface area contributed by atoms with Gasteiger partial charge in [-0.05, 0) is 57.5 Å². The molecule has 0 saturated heterocycles. The van der Waals surface area contributed by atoms with Crippen LogP contribution in [0, 0.1) is 5.92 Å². The fourth-order valence-electron chi connectivity index (χ4n) is 2.45. The molecule has 6 heteroatoms. The lowest BCUT2D eigenvalue weighted by Gasteiger charge is -2.11. The van der Waals surface area contributed by atoms with E-state index in [4.69, 9.17) is 4.74 Å². The highest BCUT2D eigenvalue weighted by Gasteiger charge is 2.33. The summed E-state index contributed by atoms with van der Waals surface area (Å²) in [6.07, 6.45) is 2.28. The molecule has 25 heavy (non-hydrogen) atoms. The van der Waals surface area contributed by atoms with Crippen LogP contribution in [0.2, 0.25) is 0 Å². The van der Waals surface area contributed by atoms with Gasteiger partial charge in [0.2, 0.25) is 0 Å². The van der Waals surface area contributed by atoms with Crippen LogP contribution in [0.25, 0.3) is 0 Å². The van der Waals surface area contributed by atoms with Crippen LogP contribution >= 0.6 is 24.0 Å². The van der Waals surface area contributed by atoms with Crippen molar-refractivity contribution in [1.29, 1.82) is 0 Å². The SMILES string of the molecule is CCNC(=NCc1ccc(OCCCN(C)C)cc1)NC1CC1C.I. The zero-order chi connectivity index (χ0) is 17.4. The number of aliphatic imine (C=N–C) groups is 1. The molecule has 1 aromatic carbocycles. The van der Waals surface area contributed by atoms with E-state index in [9.17, 15) is 0 Å². The molecule has 1 aromatic rings. The van der Waals surface area contributed by atoms with Crippen LogP contribution in [-0.4, -0.2) is 50.7 Å². The minimum Gasteiger partial charge on any atom is -0.494 e. The summed E-state index contributed by atoms with van der Waals surface area (Å²) in [6.45, 7) is 7.72. The van der Waals surface area contributed by atoms with E-state index in [1.165, 1.54) is 12.0 Å². The quantitative estimate of drug-likeness (QED) is 0.258. The first-order chi connectivity index (χ1) is 11.6. The van der Waals surface area contributed by atoms with E-state index in [0.29, 0.717) is 12.6 Å². The third-order valence-corrected chi connectivity index (χ3v) is 4.14. The zero-order valence-electron chi connectivity index (χ0n) is 15.9. The lowest BCUT2D eigenvalue weighted by molar-refractivity contribution is 0.281. The van der Waals surface area contributed by atoms with E-state index < -0.39 is 0 Å². The predicted octanol–water partition coefficient (Wildman–Crippen LogP) is 3.10. The van der Waals surface area contributed by atoms with Crippen LogP contribution < -0.4 is 15.4 Å². The Morgan fingerprint density at radius 1 is 1.28 bits per heavy atom.